The van der Waals surface area contributed by atoms with Crippen molar-refractivity contribution in [1.29, 1.82) is 0 Å². The number of hydrogen-bond donors (Lipinski definition) is 0. The van der Waals surface area contributed by atoms with E-state index < -0.39 is 23.4 Å². The van der Waals surface area contributed by atoms with Crippen molar-refractivity contribution in [3.8, 4) is 0 Å². The molecule has 0 amide bonds. The molecule has 0 unspecified atom stereocenters. The summed E-state index contributed by atoms with van der Waals surface area (Å²) in [5.41, 5.74) is 0.684. The molecule has 3 heteroatoms. The molecule has 1 aliphatic carbocycles. The summed E-state index contributed by atoms with van der Waals surface area (Å²) in [6, 6.07) is 8.30. The average Bonchev–Trinajstić information content (AvgIpc) is 2.74. The van der Waals surface area contributed by atoms with Crippen molar-refractivity contribution in [1.82, 2.24) is 0 Å². The van der Waals surface area contributed by atoms with Gasteiger partial charge in [-0.3, -0.25) is 0 Å². The van der Waals surface area contributed by atoms with Crippen LogP contribution in [0.2, 0.25) is 0 Å². The molecule has 0 spiro atoms. The third kappa shape index (κ3) is 5.12. The summed E-state index contributed by atoms with van der Waals surface area (Å²) in [6.07, 6.45) is 11.8. The Morgan fingerprint density at radius 2 is 1.79 bits per heavy atom. The van der Waals surface area contributed by atoms with Gasteiger partial charge < -0.3 is 0 Å². The SMILES string of the molecule is C/C=C/c1ccc2c(F)c(C(F)=C(F)C3CCC(CCCCC)CC3)ccc2c1. The highest BCUT2D eigenvalue weighted by atomic mass is 19.2. The molecule has 0 heterocycles. The zero-order valence-electron chi connectivity index (χ0n) is 17.5. The lowest BCUT2D eigenvalue weighted by molar-refractivity contribution is 0.258. The summed E-state index contributed by atoms with van der Waals surface area (Å²) < 4.78 is 44.7. The average molecular weight is 401 g/mol. The molecule has 29 heavy (non-hydrogen) atoms. The molecule has 0 saturated heterocycles. The molecule has 0 radical (unpaired) electrons. The summed E-state index contributed by atoms with van der Waals surface area (Å²) in [5.74, 6) is -2.30. The molecular formula is C26H31F3. The molecule has 0 bridgehead atoms. The first-order valence-corrected chi connectivity index (χ1v) is 11.0. The van der Waals surface area contributed by atoms with Crippen LogP contribution in [0.4, 0.5) is 13.2 Å². The van der Waals surface area contributed by atoms with Gasteiger partial charge in [-0.25, -0.2) is 13.2 Å². The Labute approximate surface area is 172 Å². The summed E-state index contributed by atoms with van der Waals surface area (Å²) >= 11 is 0. The minimum absolute atomic E-state index is 0.265. The maximum absolute atomic E-state index is 14.9. The van der Waals surface area contributed by atoms with Crippen molar-refractivity contribution >= 4 is 22.7 Å². The highest BCUT2D eigenvalue weighted by Gasteiger charge is 2.27. The van der Waals surface area contributed by atoms with Gasteiger partial charge in [-0.2, -0.15) is 0 Å². The predicted molar refractivity (Wildman–Crippen MR) is 117 cm³/mol. The fourth-order valence-electron chi connectivity index (χ4n) is 4.47. The minimum Gasteiger partial charge on any atom is -0.208 e. The van der Waals surface area contributed by atoms with Crippen LogP contribution < -0.4 is 0 Å². The van der Waals surface area contributed by atoms with Crippen molar-refractivity contribution in [3.05, 3.63) is 59.2 Å². The molecule has 0 atom stereocenters. The number of benzene rings is 2. The van der Waals surface area contributed by atoms with E-state index in [1.54, 1.807) is 18.2 Å². The van der Waals surface area contributed by atoms with Crippen LogP contribution in [0.3, 0.4) is 0 Å². The molecule has 2 aromatic carbocycles. The Kier molecular flexibility index (Phi) is 7.57. The van der Waals surface area contributed by atoms with Gasteiger partial charge in [0.2, 0.25) is 0 Å². The number of fused-ring (bicyclic) bond motifs is 1. The molecule has 0 N–H and O–H groups in total. The number of halogens is 3. The number of unbranched alkanes of at least 4 members (excludes halogenated alkanes) is 2. The van der Waals surface area contributed by atoms with Crippen LogP contribution in [-0.4, -0.2) is 0 Å². The first-order valence-electron chi connectivity index (χ1n) is 11.0. The smallest absolute Gasteiger partial charge is 0.165 e. The van der Waals surface area contributed by atoms with Crippen LogP contribution in [0.5, 0.6) is 0 Å². The van der Waals surface area contributed by atoms with E-state index in [9.17, 15) is 13.2 Å². The largest absolute Gasteiger partial charge is 0.208 e. The highest BCUT2D eigenvalue weighted by molar-refractivity contribution is 5.88. The van der Waals surface area contributed by atoms with Crippen LogP contribution >= 0.6 is 0 Å². The summed E-state index contributed by atoms with van der Waals surface area (Å²) in [5, 5.41) is 1.00. The third-order valence-corrected chi connectivity index (χ3v) is 6.20. The van der Waals surface area contributed by atoms with Crippen molar-refractivity contribution in [2.24, 2.45) is 11.8 Å². The zero-order valence-corrected chi connectivity index (χ0v) is 17.5. The van der Waals surface area contributed by atoms with Gasteiger partial charge in [-0.15, -0.1) is 0 Å². The highest BCUT2D eigenvalue weighted by Crippen LogP contribution is 2.40. The van der Waals surface area contributed by atoms with Crippen LogP contribution in [0.1, 0.15) is 76.3 Å². The van der Waals surface area contributed by atoms with E-state index in [1.165, 1.54) is 31.7 Å². The molecule has 0 nitrogen and oxygen atoms in total. The van der Waals surface area contributed by atoms with Crippen LogP contribution in [0.15, 0.2) is 42.2 Å². The summed E-state index contributed by atoms with van der Waals surface area (Å²) in [7, 11) is 0. The van der Waals surface area contributed by atoms with Gasteiger partial charge in [-0.1, -0.05) is 63.0 Å². The topological polar surface area (TPSA) is 0 Å². The number of rotatable bonds is 7. The van der Waals surface area contributed by atoms with Crippen molar-refractivity contribution in [3.63, 3.8) is 0 Å². The Hall–Kier alpha value is -2.03. The van der Waals surface area contributed by atoms with E-state index >= 15 is 0 Å². The lowest BCUT2D eigenvalue weighted by Gasteiger charge is -2.27. The molecular weight excluding hydrogens is 369 g/mol. The molecule has 1 fully saturated rings. The van der Waals surface area contributed by atoms with Gasteiger partial charge in [0, 0.05) is 16.9 Å². The minimum atomic E-state index is -1.03. The molecule has 3 rings (SSSR count). The maximum Gasteiger partial charge on any atom is 0.165 e. The van der Waals surface area contributed by atoms with E-state index in [0.717, 1.165) is 18.4 Å². The van der Waals surface area contributed by atoms with E-state index in [0.29, 0.717) is 29.5 Å². The van der Waals surface area contributed by atoms with Gasteiger partial charge in [0.25, 0.3) is 0 Å². The first kappa shape index (κ1) is 21.7. The predicted octanol–water partition coefficient (Wildman–Crippen LogP) is 9.01. The Morgan fingerprint density at radius 1 is 1.03 bits per heavy atom. The quantitative estimate of drug-likeness (QED) is 0.407. The Balaban J connectivity index is 1.77. The second-order valence-electron chi connectivity index (χ2n) is 8.28. The number of hydrogen-bond acceptors (Lipinski definition) is 0. The molecule has 0 aliphatic heterocycles. The molecule has 156 valence electrons. The lowest BCUT2D eigenvalue weighted by atomic mass is 9.79. The molecule has 2 aromatic rings. The third-order valence-electron chi connectivity index (χ3n) is 6.20. The van der Waals surface area contributed by atoms with E-state index in [1.807, 2.05) is 25.1 Å². The monoisotopic (exact) mass is 400 g/mol. The van der Waals surface area contributed by atoms with Crippen LogP contribution in [-0.2, 0) is 0 Å². The lowest BCUT2D eigenvalue weighted by Crippen LogP contribution is -2.15. The van der Waals surface area contributed by atoms with E-state index in [-0.39, 0.29) is 5.56 Å². The Morgan fingerprint density at radius 3 is 2.48 bits per heavy atom. The fourth-order valence-corrected chi connectivity index (χ4v) is 4.47. The first-order chi connectivity index (χ1) is 14.0. The van der Waals surface area contributed by atoms with Gasteiger partial charge in [0.05, 0.1) is 0 Å². The zero-order chi connectivity index (χ0) is 20.8. The van der Waals surface area contributed by atoms with Crippen molar-refractivity contribution in [2.45, 2.75) is 65.2 Å². The van der Waals surface area contributed by atoms with Crippen LogP contribution in [0.25, 0.3) is 22.7 Å². The van der Waals surface area contributed by atoms with Crippen LogP contribution in [0, 0.1) is 17.7 Å². The van der Waals surface area contributed by atoms with Crippen molar-refractivity contribution < 1.29 is 13.2 Å². The van der Waals surface area contributed by atoms with Gasteiger partial charge in [0.15, 0.2) is 5.83 Å². The second kappa shape index (κ2) is 10.1. The standard InChI is InChI=1S/C26H31F3/c1-3-5-6-8-18-9-12-20(13-10-18)24(27)26(29)23-16-14-21-17-19(7-4-2)11-15-22(21)25(23)28/h4,7,11,14-18,20H,3,5-6,8-10,12-13H2,1-2H3/b7-4+,26-24?. The van der Waals surface area contributed by atoms with E-state index in [2.05, 4.69) is 6.92 Å². The normalized spacial score (nSPS) is 21.0. The maximum atomic E-state index is 14.9. The molecule has 1 saturated carbocycles. The Bertz CT molecular complexity index is 886. The van der Waals surface area contributed by atoms with Gasteiger partial charge in [-0.05, 0) is 61.6 Å². The molecule has 0 aromatic heterocycles. The van der Waals surface area contributed by atoms with Gasteiger partial charge >= 0.3 is 0 Å². The van der Waals surface area contributed by atoms with E-state index in [4.69, 9.17) is 0 Å². The van der Waals surface area contributed by atoms with Gasteiger partial charge in [0.1, 0.15) is 11.6 Å². The molecule has 1 aliphatic rings. The fraction of sp³-hybridized carbons (Fsp3) is 0.462. The number of allylic oxidation sites excluding steroid dienone is 2. The summed E-state index contributed by atoms with van der Waals surface area (Å²) in [6.45, 7) is 4.10. The summed E-state index contributed by atoms with van der Waals surface area (Å²) in [4.78, 5) is 0. The van der Waals surface area contributed by atoms with Crippen molar-refractivity contribution in [2.75, 3.05) is 0 Å². The second-order valence-corrected chi connectivity index (χ2v) is 8.28.